The molecule has 0 N–H and O–H groups in total. The highest BCUT2D eigenvalue weighted by atomic mass is 19.1. The van der Waals surface area contributed by atoms with Crippen LogP contribution < -0.4 is 0 Å². The Morgan fingerprint density at radius 1 is 0.652 bits per heavy atom. The lowest BCUT2D eigenvalue weighted by Crippen LogP contribution is -2.08. The molecule has 2 aromatic carbocycles. The summed E-state index contributed by atoms with van der Waals surface area (Å²) in [5.74, 6) is -0.0382. The van der Waals surface area contributed by atoms with Crippen LogP contribution in [0.3, 0.4) is 0 Å². The van der Waals surface area contributed by atoms with E-state index in [1.165, 1.54) is 27.6 Å². The topological polar surface area (TPSA) is 0 Å². The van der Waals surface area contributed by atoms with E-state index in [4.69, 9.17) is 0 Å². The molecule has 1 heteroatoms. The Morgan fingerprint density at radius 3 is 1.70 bits per heavy atom. The molecule has 0 aliphatic heterocycles. The van der Waals surface area contributed by atoms with E-state index in [-0.39, 0.29) is 5.82 Å². The van der Waals surface area contributed by atoms with E-state index in [2.05, 4.69) is 33.8 Å². The predicted molar refractivity (Wildman–Crippen MR) is 99.9 cm³/mol. The summed E-state index contributed by atoms with van der Waals surface area (Å²) in [6.07, 6.45) is 8.69. The monoisotopic (exact) mass is 314 g/mol. The molecule has 2 aromatic rings. The van der Waals surface area contributed by atoms with Crippen molar-refractivity contribution in [2.45, 2.75) is 79.1 Å². The summed E-state index contributed by atoms with van der Waals surface area (Å²) in [5, 5.41) is 2.07. The van der Waals surface area contributed by atoms with Gasteiger partial charge in [-0.25, -0.2) is 4.39 Å². The highest BCUT2D eigenvalue weighted by Gasteiger charge is 2.19. The van der Waals surface area contributed by atoms with Crippen LogP contribution in [-0.4, -0.2) is 0 Å². The van der Waals surface area contributed by atoms with Gasteiger partial charge in [-0.1, -0.05) is 65.5 Å². The molecular weight excluding hydrogens is 283 g/mol. The minimum absolute atomic E-state index is 0.0382. The summed E-state index contributed by atoms with van der Waals surface area (Å²) >= 11 is 0. The van der Waals surface area contributed by atoms with E-state index in [0.717, 1.165) is 56.8 Å². The van der Waals surface area contributed by atoms with Crippen molar-refractivity contribution in [3.8, 4) is 0 Å². The number of hydrogen-bond donors (Lipinski definition) is 0. The van der Waals surface area contributed by atoms with E-state index in [1.807, 2.05) is 6.07 Å². The van der Waals surface area contributed by atoms with Crippen molar-refractivity contribution in [3.63, 3.8) is 0 Å². The first-order valence-corrected chi connectivity index (χ1v) is 9.43. The molecule has 0 fully saturated rings. The first kappa shape index (κ1) is 18.0. The molecule has 0 atom stereocenters. The molecule has 2 rings (SSSR count). The number of halogens is 1. The molecule has 0 aliphatic carbocycles. The van der Waals surface area contributed by atoms with Crippen LogP contribution in [0.4, 0.5) is 4.39 Å². The third-order valence-corrected chi connectivity index (χ3v) is 4.73. The van der Waals surface area contributed by atoms with Gasteiger partial charge in [0.2, 0.25) is 0 Å². The minimum atomic E-state index is -0.0382. The summed E-state index contributed by atoms with van der Waals surface area (Å²) in [6, 6.07) is 5.64. The fourth-order valence-corrected chi connectivity index (χ4v) is 3.93. The Hall–Kier alpha value is -1.37. The summed E-state index contributed by atoms with van der Waals surface area (Å²) < 4.78 is 14.7. The first-order valence-electron chi connectivity index (χ1n) is 9.43. The van der Waals surface area contributed by atoms with Gasteiger partial charge in [0.15, 0.2) is 0 Å². The molecular formula is C22H31F. The molecule has 0 nitrogen and oxygen atoms in total. The van der Waals surface area contributed by atoms with Crippen molar-refractivity contribution in [1.29, 1.82) is 0 Å². The molecule has 126 valence electrons. The number of hydrogen-bond acceptors (Lipinski definition) is 0. The SMILES string of the molecule is CCCc1c(CCC)c(CCC)c2c(F)cccc2c1CCC. The zero-order valence-electron chi connectivity index (χ0n) is 15.3. The summed E-state index contributed by atoms with van der Waals surface area (Å²) in [5.41, 5.74) is 5.67. The zero-order chi connectivity index (χ0) is 16.8. The summed E-state index contributed by atoms with van der Waals surface area (Å²) in [7, 11) is 0. The van der Waals surface area contributed by atoms with Crippen LogP contribution in [0.2, 0.25) is 0 Å². The minimum Gasteiger partial charge on any atom is -0.206 e. The second-order valence-corrected chi connectivity index (χ2v) is 6.58. The lowest BCUT2D eigenvalue weighted by atomic mass is 9.82. The third kappa shape index (κ3) is 3.59. The van der Waals surface area contributed by atoms with Gasteiger partial charge in [0.25, 0.3) is 0 Å². The maximum Gasteiger partial charge on any atom is 0.131 e. The third-order valence-electron chi connectivity index (χ3n) is 4.73. The van der Waals surface area contributed by atoms with Crippen molar-refractivity contribution < 1.29 is 4.39 Å². The Morgan fingerprint density at radius 2 is 1.13 bits per heavy atom. The smallest absolute Gasteiger partial charge is 0.131 e. The average Bonchev–Trinajstić information content (AvgIpc) is 2.54. The second-order valence-electron chi connectivity index (χ2n) is 6.58. The van der Waals surface area contributed by atoms with E-state index >= 15 is 0 Å². The zero-order valence-corrected chi connectivity index (χ0v) is 15.3. The fraction of sp³-hybridized carbons (Fsp3) is 0.545. The Labute approximate surface area is 141 Å². The van der Waals surface area contributed by atoms with E-state index in [9.17, 15) is 4.39 Å². The van der Waals surface area contributed by atoms with Crippen molar-refractivity contribution in [1.82, 2.24) is 0 Å². The van der Waals surface area contributed by atoms with Crippen LogP contribution in [-0.2, 0) is 25.7 Å². The number of benzene rings is 2. The molecule has 0 spiro atoms. The lowest BCUT2D eigenvalue weighted by molar-refractivity contribution is 0.637. The molecule has 0 radical (unpaired) electrons. The standard InChI is InChI=1S/C22H31F/c1-5-10-16-17(11-6-2)19(13-8-4)22-20(18(16)12-7-3)14-9-15-21(22)23/h9,14-15H,5-8,10-13H2,1-4H3. The van der Waals surface area contributed by atoms with Gasteiger partial charge in [0.05, 0.1) is 0 Å². The number of aryl methyl sites for hydroxylation is 2. The van der Waals surface area contributed by atoms with Crippen LogP contribution in [0.5, 0.6) is 0 Å². The molecule has 23 heavy (non-hydrogen) atoms. The second kappa shape index (κ2) is 8.47. The van der Waals surface area contributed by atoms with Crippen molar-refractivity contribution in [3.05, 3.63) is 46.3 Å². The number of fused-ring (bicyclic) bond motifs is 1. The molecule has 0 bridgehead atoms. The summed E-state index contributed by atoms with van der Waals surface area (Å²) in [4.78, 5) is 0. The van der Waals surface area contributed by atoms with Gasteiger partial charge in [0.1, 0.15) is 5.82 Å². The van der Waals surface area contributed by atoms with Crippen LogP contribution in [0.1, 0.15) is 75.6 Å². The van der Waals surface area contributed by atoms with Crippen LogP contribution in [0.25, 0.3) is 10.8 Å². The largest absolute Gasteiger partial charge is 0.206 e. The number of rotatable bonds is 8. The van der Waals surface area contributed by atoms with Gasteiger partial charge in [-0.05, 0) is 59.4 Å². The molecule has 0 heterocycles. The van der Waals surface area contributed by atoms with E-state index in [1.54, 1.807) is 6.07 Å². The van der Waals surface area contributed by atoms with Crippen LogP contribution in [0, 0.1) is 5.82 Å². The highest BCUT2D eigenvalue weighted by molar-refractivity contribution is 5.92. The van der Waals surface area contributed by atoms with E-state index in [0.29, 0.717) is 0 Å². The van der Waals surface area contributed by atoms with Gasteiger partial charge >= 0.3 is 0 Å². The Balaban J connectivity index is 2.90. The van der Waals surface area contributed by atoms with Gasteiger partial charge in [-0.3, -0.25) is 0 Å². The van der Waals surface area contributed by atoms with E-state index < -0.39 is 0 Å². The van der Waals surface area contributed by atoms with Crippen molar-refractivity contribution in [2.24, 2.45) is 0 Å². The lowest BCUT2D eigenvalue weighted by Gasteiger charge is -2.23. The predicted octanol–water partition coefficient (Wildman–Crippen LogP) is 6.79. The van der Waals surface area contributed by atoms with Gasteiger partial charge in [-0.2, -0.15) is 0 Å². The molecule has 0 amide bonds. The summed E-state index contributed by atoms with van der Waals surface area (Å²) in [6.45, 7) is 8.90. The molecule has 0 saturated heterocycles. The average molecular weight is 314 g/mol. The van der Waals surface area contributed by atoms with Gasteiger partial charge in [0, 0.05) is 5.39 Å². The van der Waals surface area contributed by atoms with Crippen LogP contribution in [0.15, 0.2) is 18.2 Å². The fourth-order valence-electron chi connectivity index (χ4n) is 3.93. The van der Waals surface area contributed by atoms with Crippen molar-refractivity contribution in [2.75, 3.05) is 0 Å². The quantitative estimate of drug-likeness (QED) is 0.503. The van der Waals surface area contributed by atoms with Gasteiger partial charge < -0.3 is 0 Å². The Bertz CT molecular complexity index is 655. The van der Waals surface area contributed by atoms with Crippen LogP contribution >= 0.6 is 0 Å². The molecule has 0 unspecified atom stereocenters. The van der Waals surface area contributed by atoms with Gasteiger partial charge in [-0.15, -0.1) is 0 Å². The Kier molecular flexibility index (Phi) is 6.62. The normalized spacial score (nSPS) is 11.3. The maximum absolute atomic E-state index is 14.7. The first-order chi connectivity index (χ1) is 11.2. The molecule has 0 aliphatic rings. The van der Waals surface area contributed by atoms with Crippen molar-refractivity contribution >= 4 is 10.8 Å². The molecule has 0 saturated carbocycles. The molecule has 0 aromatic heterocycles. The highest BCUT2D eigenvalue weighted by Crippen LogP contribution is 2.35. The maximum atomic E-state index is 14.7.